The van der Waals surface area contributed by atoms with Gasteiger partial charge in [-0.3, -0.25) is 4.98 Å². The number of aromatic nitrogens is 3. The van der Waals surface area contributed by atoms with E-state index in [9.17, 15) is 4.79 Å². The van der Waals surface area contributed by atoms with Crippen LogP contribution in [0.3, 0.4) is 0 Å². The lowest BCUT2D eigenvalue weighted by Crippen LogP contribution is -2.47. The Bertz CT molecular complexity index is 920. The molecule has 0 radical (unpaired) electrons. The summed E-state index contributed by atoms with van der Waals surface area (Å²) in [6.07, 6.45) is 15.2. The second-order valence-corrected chi connectivity index (χ2v) is 9.40. The van der Waals surface area contributed by atoms with Gasteiger partial charge in [0.1, 0.15) is 5.82 Å². The van der Waals surface area contributed by atoms with Gasteiger partial charge in [-0.15, -0.1) is 0 Å². The molecule has 0 bridgehead atoms. The van der Waals surface area contributed by atoms with Crippen molar-refractivity contribution in [1.82, 2.24) is 25.2 Å². The number of fused-ring (bicyclic) bond motifs is 1. The van der Waals surface area contributed by atoms with Crippen molar-refractivity contribution < 1.29 is 4.79 Å². The van der Waals surface area contributed by atoms with Gasteiger partial charge in [-0.2, -0.15) is 0 Å². The molecular formula is C25H34N6O. The average Bonchev–Trinajstić information content (AvgIpc) is 3.14. The van der Waals surface area contributed by atoms with Crippen molar-refractivity contribution in [1.29, 1.82) is 0 Å². The van der Waals surface area contributed by atoms with Gasteiger partial charge >= 0.3 is 6.03 Å². The van der Waals surface area contributed by atoms with Crippen molar-refractivity contribution in [2.24, 2.45) is 0 Å². The monoisotopic (exact) mass is 434 g/mol. The molecule has 0 atom stereocenters. The molecule has 2 aromatic heterocycles. The predicted molar refractivity (Wildman–Crippen MR) is 125 cm³/mol. The quantitative estimate of drug-likeness (QED) is 0.779. The summed E-state index contributed by atoms with van der Waals surface area (Å²) in [5.74, 6) is 1.77. The Kier molecular flexibility index (Phi) is 6.51. The second kappa shape index (κ2) is 9.84. The summed E-state index contributed by atoms with van der Waals surface area (Å²) < 4.78 is 0. The molecule has 1 saturated heterocycles. The molecule has 32 heavy (non-hydrogen) atoms. The lowest BCUT2D eigenvalue weighted by atomic mass is 9.95. The van der Waals surface area contributed by atoms with E-state index in [1.54, 1.807) is 6.20 Å². The highest BCUT2D eigenvalue weighted by Gasteiger charge is 2.29. The number of urea groups is 1. The number of hydrogen-bond donors (Lipinski definition) is 1. The third-order valence-electron chi connectivity index (χ3n) is 7.08. The Morgan fingerprint density at radius 1 is 0.969 bits per heavy atom. The summed E-state index contributed by atoms with van der Waals surface area (Å²) in [7, 11) is 0. The zero-order chi connectivity index (χ0) is 21.8. The van der Waals surface area contributed by atoms with Gasteiger partial charge < -0.3 is 15.1 Å². The minimum absolute atomic E-state index is 0.0701. The first-order chi connectivity index (χ1) is 15.8. The number of nitrogens with one attached hydrogen (secondary N) is 1. The molecule has 1 N–H and O–H groups in total. The fraction of sp³-hybridized carbons (Fsp3) is 0.600. The average molecular weight is 435 g/mol. The molecule has 3 aliphatic rings. The summed E-state index contributed by atoms with van der Waals surface area (Å²) in [5, 5.41) is 3.29. The molecule has 5 rings (SSSR count). The first-order valence-electron chi connectivity index (χ1n) is 12.4. The van der Waals surface area contributed by atoms with E-state index in [-0.39, 0.29) is 6.03 Å². The van der Waals surface area contributed by atoms with Gasteiger partial charge in [0, 0.05) is 55.6 Å². The van der Waals surface area contributed by atoms with Crippen LogP contribution in [0.5, 0.6) is 0 Å². The molecule has 7 heteroatoms. The van der Waals surface area contributed by atoms with Crippen molar-refractivity contribution in [3.05, 3.63) is 35.8 Å². The summed E-state index contributed by atoms with van der Waals surface area (Å²) in [6, 6.07) is 4.35. The van der Waals surface area contributed by atoms with Crippen molar-refractivity contribution in [3.63, 3.8) is 0 Å². The number of nitrogens with zero attached hydrogens (tertiary/aromatic N) is 5. The molecule has 0 aromatic carbocycles. The van der Waals surface area contributed by atoms with E-state index in [1.807, 2.05) is 23.2 Å². The molecule has 2 amide bonds. The molecule has 0 unspecified atom stereocenters. The lowest BCUT2D eigenvalue weighted by Gasteiger charge is -2.34. The maximum Gasteiger partial charge on any atom is 0.317 e. The van der Waals surface area contributed by atoms with E-state index in [1.165, 1.54) is 44.9 Å². The second-order valence-electron chi connectivity index (χ2n) is 9.40. The van der Waals surface area contributed by atoms with Crippen LogP contribution >= 0.6 is 0 Å². The molecule has 0 spiro atoms. The van der Waals surface area contributed by atoms with E-state index < -0.39 is 0 Å². The molecular weight excluding hydrogens is 400 g/mol. The Morgan fingerprint density at radius 3 is 2.50 bits per heavy atom. The topological polar surface area (TPSA) is 74.2 Å². The van der Waals surface area contributed by atoms with Crippen molar-refractivity contribution in [3.8, 4) is 11.4 Å². The fourth-order valence-corrected chi connectivity index (χ4v) is 5.25. The van der Waals surface area contributed by atoms with Crippen LogP contribution in [0.25, 0.3) is 11.4 Å². The van der Waals surface area contributed by atoms with Crippen LogP contribution in [0.2, 0.25) is 0 Å². The van der Waals surface area contributed by atoms with Crippen LogP contribution in [0, 0.1) is 0 Å². The third-order valence-corrected chi connectivity index (χ3v) is 7.08. The standard InChI is InChI=1S/C25H34N6O/c32-25(27-20-10-4-3-5-11-20)31-16-12-22-21(18-31)24(30-14-6-1-2-7-15-30)29-23(28-22)19-9-8-13-26-17-19/h8-9,13,17,20H,1-7,10-12,14-16,18H2,(H,27,32). The Morgan fingerprint density at radius 2 is 1.75 bits per heavy atom. The van der Waals surface area contributed by atoms with Crippen LogP contribution in [0.4, 0.5) is 10.6 Å². The van der Waals surface area contributed by atoms with Crippen LogP contribution in [0.1, 0.15) is 69.0 Å². The summed E-state index contributed by atoms with van der Waals surface area (Å²) >= 11 is 0. The molecule has 2 aromatic rings. The third kappa shape index (κ3) is 4.71. The maximum absolute atomic E-state index is 13.1. The number of carbonyl (C=O) groups is 1. The van der Waals surface area contributed by atoms with E-state index in [2.05, 4.69) is 15.2 Å². The Balaban J connectivity index is 1.43. The van der Waals surface area contributed by atoms with Gasteiger partial charge in [0.25, 0.3) is 0 Å². The highest BCUT2D eigenvalue weighted by molar-refractivity contribution is 5.75. The maximum atomic E-state index is 13.1. The zero-order valence-corrected chi connectivity index (χ0v) is 18.9. The minimum Gasteiger partial charge on any atom is -0.356 e. The zero-order valence-electron chi connectivity index (χ0n) is 18.9. The molecule has 2 aliphatic heterocycles. The molecule has 1 aliphatic carbocycles. The number of carbonyl (C=O) groups excluding carboxylic acids is 1. The van der Waals surface area contributed by atoms with E-state index in [0.717, 1.165) is 60.8 Å². The minimum atomic E-state index is 0.0701. The smallest absolute Gasteiger partial charge is 0.317 e. The number of hydrogen-bond acceptors (Lipinski definition) is 5. The largest absolute Gasteiger partial charge is 0.356 e. The van der Waals surface area contributed by atoms with Crippen LogP contribution in [0.15, 0.2) is 24.5 Å². The normalized spacial score (nSPS) is 19.9. The SMILES string of the molecule is O=C(NC1CCCCC1)N1CCc2nc(-c3cccnc3)nc(N3CCCCCC3)c2C1. The highest BCUT2D eigenvalue weighted by Crippen LogP contribution is 2.31. The Labute approximate surface area is 190 Å². The van der Waals surface area contributed by atoms with Gasteiger partial charge in [-0.25, -0.2) is 14.8 Å². The van der Waals surface area contributed by atoms with Gasteiger partial charge in [-0.05, 0) is 37.8 Å². The van der Waals surface area contributed by atoms with Crippen LogP contribution in [-0.2, 0) is 13.0 Å². The van der Waals surface area contributed by atoms with Gasteiger partial charge in [-0.1, -0.05) is 32.1 Å². The molecule has 7 nitrogen and oxygen atoms in total. The lowest BCUT2D eigenvalue weighted by molar-refractivity contribution is 0.184. The van der Waals surface area contributed by atoms with E-state index >= 15 is 0 Å². The molecule has 2 fully saturated rings. The Hall–Kier alpha value is -2.70. The van der Waals surface area contributed by atoms with Crippen LogP contribution in [-0.4, -0.2) is 51.6 Å². The van der Waals surface area contributed by atoms with E-state index in [4.69, 9.17) is 9.97 Å². The number of pyridine rings is 1. The number of rotatable bonds is 3. The summed E-state index contributed by atoms with van der Waals surface area (Å²) in [4.78, 5) is 31.7. The predicted octanol–water partition coefficient (Wildman–Crippen LogP) is 4.32. The van der Waals surface area contributed by atoms with Gasteiger partial charge in [0.2, 0.25) is 0 Å². The summed E-state index contributed by atoms with van der Waals surface area (Å²) in [6.45, 7) is 3.33. The molecule has 1 saturated carbocycles. The number of amides is 2. The van der Waals surface area contributed by atoms with Crippen molar-refractivity contribution in [2.45, 2.75) is 76.8 Å². The summed E-state index contributed by atoms with van der Waals surface area (Å²) in [5.41, 5.74) is 3.16. The fourth-order valence-electron chi connectivity index (χ4n) is 5.25. The first kappa shape index (κ1) is 21.2. The number of anilines is 1. The van der Waals surface area contributed by atoms with Gasteiger partial charge in [0.15, 0.2) is 5.82 Å². The van der Waals surface area contributed by atoms with Crippen LogP contribution < -0.4 is 10.2 Å². The molecule has 170 valence electrons. The van der Waals surface area contributed by atoms with Crippen molar-refractivity contribution >= 4 is 11.8 Å². The van der Waals surface area contributed by atoms with Crippen molar-refractivity contribution in [2.75, 3.05) is 24.5 Å². The first-order valence-corrected chi connectivity index (χ1v) is 12.4. The van der Waals surface area contributed by atoms with Gasteiger partial charge in [0.05, 0.1) is 12.2 Å². The highest BCUT2D eigenvalue weighted by atomic mass is 16.2. The molecule has 4 heterocycles. The van der Waals surface area contributed by atoms with E-state index in [0.29, 0.717) is 19.1 Å².